The summed E-state index contributed by atoms with van der Waals surface area (Å²) in [7, 11) is 4.37. The van der Waals surface area contributed by atoms with Gasteiger partial charge in [-0.2, -0.15) is 0 Å². The van der Waals surface area contributed by atoms with E-state index in [9.17, 15) is 0 Å². The molecule has 1 aliphatic rings. The van der Waals surface area contributed by atoms with Crippen molar-refractivity contribution < 1.29 is 0 Å². The highest BCUT2D eigenvalue weighted by atomic mass is 15.3. The smallest absolute Gasteiger partial charge is 0.0473 e. The molecule has 1 aromatic rings. The van der Waals surface area contributed by atoms with Crippen LogP contribution in [0.25, 0.3) is 0 Å². The van der Waals surface area contributed by atoms with Gasteiger partial charge in [0.05, 0.1) is 0 Å². The minimum atomic E-state index is 0.525. The fourth-order valence-corrected chi connectivity index (χ4v) is 1.96. The first-order valence-corrected chi connectivity index (χ1v) is 6.06. The van der Waals surface area contributed by atoms with Crippen molar-refractivity contribution in [3.05, 3.63) is 30.1 Å². The summed E-state index contributed by atoms with van der Waals surface area (Å²) >= 11 is 0. The lowest BCUT2D eigenvalue weighted by atomic mass is 10.1. The van der Waals surface area contributed by atoms with Crippen LogP contribution in [0.15, 0.2) is 24.5 Å². The molecule has 3 nitrogen and oxygen atoms in total. The van der Waals surface area contributed by atoms with Crippen LogP contribution in [0.3, 0.4) is 0 Å². The normalized spacial score (nSPS) is 22.4. The van der Waals surface area contributed by atoms with Gasteiger partial charge in [-0.15, -0.1) is 0 Å². The molecule has 0 aliphatic carbocycles. The predicted octanol–water partition coefficient (Wildman–Crippen LogP) is 2.03. The van der Waals surface area contributed by atoms with Crippen molar-refractivity contribution in [1.29, 1.82) is 0 Å². The second kappa shape index (κ2) is 6.61. The first-order chi connectivity index (χ1) is 7.77. The number of likely N-dealkylation sites (N-methyl/N-ethyl adjacent to an activating group) is 2. The summed E-state index contributed by atoms with van der Waals surface area (Å²) in [5.41, 5.74) is 1.37. The molecule has 0 aromatic carbocycles. The van der Waals surface area contributed by atoms with E-state index in [-0.39, 0.29) is 0 Å². The lowest BCUT2D eigenvalue weighted by Gasteiger charge is -2.37. The first kappa shape index (κ1) is 13.1. The molecule has 1 aliphatic heterocycles. The second-order valence-corrected chi connectivity index (χ2v) is 4.04. The Balaban J connectivity index is 0.000000606. The molecule has 2 heterocycles. The van der Waals surface area contributed by atoms with E-state index in [0.717, 1.165) is 19.6 Å². The molecule has 0 bridgehead atoms. The van der Waals surface area contributed by atoms with Crippen molar-refractivity contribution in [3.8, 4) is 0 Å². The van der Waals surface area contributed by atoms with Crippen LogP contribution >= 0.6 is 0 Å². The van der Waals surface area contributed by atoms with Gasteiger partial charge >= 0.3 is 0 Å². The van der Waals surface area contributed by atoms with Gasteiger partial charge in [0.2, 0.25) is 0 Å². The van der Waals surface area contributed by atoms with Crippen molar-refractivity contribution in [3.63, 3.8) is 0 Å². The molecule has 1 saturated heterocycles. The second-order valence-electron chi connectivity index (χ2n) is 4.04. The van der Waals surface area contributed by atoms with E-state index in [1.165, 1.54) is 5.56 Å². The van der Waals surface area contributed by atoms with E-state index < -0.39 is 0 Å². The van der Waals surface area contributed by atoms with Crippen LogP contribution in [0.4, 0.5) is 0 Å². The Hall–Kier alpha value is -0.930. The maximum absolute atomic E-state index is 4.05. The van der Waals surface area contributed by atoms with E-state index in [2.05, 4.69) is 41.0 Å². The standard InChI is InChI=1S/C11H17N3.C2H6/c1-13-7-8-14(2)11(9-13)10-3-5-12-6-4-10;1-2/h3-6,11H,7-9H2,1-2H3;1-2H3. The summed E-state index contributed by atoms with van der Waals surface area (Å²) in [5, 5.41) is 0. The molecule has 16 heavy (non-hydrogen) atoms. The summed E-state index contributed by atoms with van der Waals surface area (Å²) in [4.78, 5) is 8.84. The minimum Gasteiger partial charge on any atom is -0.303 e. The van der Waals surface area contributed by atoms with Crippen molar-refractivity contribution in [2.24, 2.45) is 0 Å². The van der Waals surface area contributed by atoms with E-state index in [0.29, 0.717) is 6.04 Å². The van der Waals surface area contributed by atoms with Gasteiger partial charge in [0.1, 0.15) is 0 Å². The first-order valence-electron chi connectivity index (χ1n) is 6.06. The molecule has 90 valence electrons. The van der Waals surface area contributed by atoms with Crippen LogP contribution in [0.5, 0.6) is 0 Å². The van der Waals surface area contributed by atoms with Crippen molar-refractivity contribution in [2.75, 3.05) is 33.7 Å². The molecule has 0 spiro atoms. The molecule has 0 N–H and O–H groups in total. The summed E-state index contributed by atoms with van der Waals surface area (Å²) in [6.07, 6.45) is 3.75. The van der Waals surface area contributed by atoms with E-state index in [1.807, 2.05) is 26.2 Å². The lowest BCUT2D eigenvalue weighted by molar-refractivity contribution is 0.115. The highest BCUT2D eigenvalue weighted by Crippen LogP contribution is 2.22. The Morgan fingerprint density at radius 3 is 2.38 bits per heavy atom. The fraction of sp³-hybridized carbons (Fsp3) is 0.615. The topological polar surface area (TPSA) is 19.4 Å². The predicted molar refractivity (Wildman–Crippen MR) is 68.5 cm³/mol. The highest BCUT2D eigenvalue weighted by Gasteiger charge is 2.23. The monoisotopic (exact) mass is 221 g/mol. The van der Waals surface area contributed by atoms with Gasteiger partial charge < -0.3 is 4.90 Å². The molecular formula is C13H23N3. The third-order valence-corrected chi connectivity index (χ3v) is 2.94. The van der Waals surface area contributed by atoms with Gasteiger partial charge in [-0.1, -0.05) is 13.8 Å². The SMILES string of the molecule is CC.CN1CCN(C)C(c2ccncc2)C1. The van der Waals surface area contributed by atoms with Gasteiger partial charge in [-0.25, -0.2) is 0 Å². The molecule has 1 aromatic heterocycles. The van der Waals surface area contributed by atoms with Gasteiger partial charge in [0.25, 0.3) is 0 Å². The summed E-state index contributed by atoms with van der Waals surface area (Å²) in [5.74, 6) is 0. The van der Waals surface area contributed by atoms with Gasteiger partial charge in [0, 0.05) is 38.1 Å². The number of nitrogens with zero attached hydrogens (tertiary/aromatic N) is 3. The quantitative estimate of drug-likeness (QED) is 0.723. The molecule has 1 atom stereocenters. The third-order valence-electron chi connectivity index (χ3n) is 2.94. The molecule has 0 amide bonds. The lowest BCUT2D eigenvalue weighted by Crippen LogP contribution is -2.44. The number of aromatic nitrogens is 1. The Morgan fingerprint density at radius 2 is 1.75 bits per heavy atom. The van der Waals surface area contributed by atoms with E-state index >= 15 is 0 Å². The molecule has 1 unspecified atom stereocenters. The zero-order valence-electron chi connectivity index (χ0n) is 10.8. The summed E-state index contributed by atoms with van der Waals surface area (Å²) < 4.78 is 0. The number of hydrogen-bond acceptors (Lipinski definition) is 3. The maximum Gasteiger partial charge on any atom is 0.0473 e. The fourth-order valence-electron chi connectivity index (χ4n) is 1.96. The van der Waals surface area contributed by atoms with Crippen LogP contribution in [-0.4, -0.2) is 48.5 Å². The summed E-state index contributed by atoms with van der Waals surface area (Å²) in [6, 6.07) is 4.75. The zero-order valence-corrected chi connectivity index (χ0v) is 10.8. The van der Waals surface area contributed by atoms with Crippen molar-refractivity contribution >= 4 is 0 Å². The number of pyridine rings is 1. The van der Waals surface area contributed by atoms with E-state index in [4.69, 9.17) is 0 Å². The van der Waals surface area contributed by atoms with Crippen molar-refractivity contribution in [1.82, 2.24) is 14.8 Å². The molecule has 0 saturated carbocycles. The average molecular weight is 221 g/mol. The Labute approximate surface area is 99.1 Å². The van der Waals surface area contributed by atoms with Crippen LogP contribution in [0.2, 0.25) is 0 Å². The number of hydrogen-bond donors (Lipinski definition) is 0. The molecule has 2 rings (SSSR count). The Morgan fingerprint density at radius 1 is 1.12 bits per heavy atom. The van der Waals surface area contributed by atoms with Crippen LogP contribution < -0.4 is 0 Å². The van der Waals surface area contributed by atoms with Crippen LogP contribution in [-0.2, 0) is 0 Å². The largest absolute Gasteiger partial charge is 0.303 e. The van der Waals surface area contributed by atoms with E-state index in [1.54, 1.807) is 0 Å². The van der Waals surface area contributed by atoms with Crippen molar-refractivity contribution in [2.45, 2.75) is 19.9 Å². The number of rotatable bonds is 1. The van der Waals surface area contributed by atoms with Crippen LogP contribution in [0, 0.1) is 0 Å². The zero-order chi connectivity index (χ0) is 12.0. The summed E-state index contributed by atoms with van der Waals surface area (Å²) in [6.45, 7) is 7.42. The minimum absolute atomic E-state index is 0.525. The molecule has 1 fully saturated rings. The Kier molecular flexibility index (Phi) is 5.43. The molecular weight excluding hydrogens is 198 g/mol. The molecule has 3 heteroatoms. The van der Waals surface area contributed by atoms with Crippen LogP contribution in [0.1, 0.15) is 25.5 Å². The Bertz CT molecular complexity index is 286. The van der Waals surface area contributed by atoms with Gasteiger partial charge in [-0.05, 0) is 31.8 Å². The van der Waals surface area contributed by atoms with Gasteiger partial charge in [0.15, 0.2) is 0 Å². The third kappa shape index (κ3) is 3.29. The highest BCUT2D eigenvalue weighted by molar-refractivity contribution is 5.16. The maximum atomic E-state index is 4.05. The molecule has 0 radical (unpaired) electrons. The van der Waals surface area contributed by atoms with Gasteiger partial charge in [-0.3, -0.25) is 9.88 Å². The number of piperazine rings is 1. The average Bonchev–Trinajstić information content (AvgIpc) is 2.36.